The molecule has 2 heterocycles. The predicted octanol–water partition coefficient (Wildman–Crippen LogP) is 3.07. The van der Waals surface area contributed by atoms with Gasteiger partial charge in [0.05, 0.1) is 18.1 Å². The third kappa shape index (κ3) is 4.93. The summed E-state index contributed by atoms with van der Waals surface area (Å²) < 4.78 is 6.95. The van der Waals surface area contributed by atoms with E-state index in [0.717, 1.165) is 12.0 Å². The van der Waals surface area contributed by atoms with Crippen molar-refractivity contribution in [3.63, 3.8) is 0 Å². The summed E-state index contributed by atoms with van der Waals surface area (Å²) in [5, 5.41) is 12.9. The first-order valence-electron chi connectivity index (χ1n) is 10.0. The fraction of sp³-hybridized carbons (Fsp3) is 0.304. The van der Waals surface area contributed by atoms with Gasteiger partial charge in [-0.3, -0.25) is 19.1 Å². The molecular weight excluding hydrogens is 444 g/mol. The molecule has 0 aliphatic carbocycles. The normalized spacial score (nSPS) is 14.8. The molecule has 1 aliphatic rings. The molecule has 166 valence electrons. The van der Waals surface area contributed by atoms with Gasteiger partial charge in [-0.2, -0.15) is 5.26 Å². The van der Waals surface area contributed by atoms with Gasteiger partial charge in [-0.15, -0.1) is 0 Å². The van der Waals surface area contributed by atoms with Crippen molar-refractivity contribution in [1.82, 2.24) is 9.47 Å². The van der Waals surface area contributed by atoms with E-state index in [2.05, 4.69) is 5.32 Å². The monoisotopic (exact) mass is 468 g/mol. The summed E-state index contributed by atoms with van der Waals surface area (Å²) in [6, 6.07) is 12.0. The molecule has 0 spiro atoms. The van der Waals surface area contributed by atoms with Crippen LogP contribution in [0.5, 0.6) is 0 Å². The zero-order chi connectivity index (χ0) is 23.3. The lowest BCUT2D eigenvalue weighted by atomic mass is 10.0. The van der Waals surface area contributed by atoms with E-state index in [-0.39, 0.29) is 17.0 Å². The first-order chi connectivity index (χ1) is 15.4. The van der Waals surface area contributed by atoms with Crippen molar-refractivity contribution in [2.45, 2.75) is 13.3 Å². The van der Waals surface area contributed by atoms with Crippen LogP contribution in [-0.2, 0) is 23.0 Å². The number of amides is 1. The van der Waals surface area contributed by atoms with Gasteiger partial charge >= 0.3 is 0 Å². The molecule has 1 aromatic carbocycles. The highest BCUT2D eigenvalue weighted by Crippen LogP contribution is 2.34. The first kappa shape index (κ1) is 23.7. The fourth-order valence-corrected chi connectivity index (χ4v) is 4.71. The van der Waals surface area contributed by atoms with Crippen molar-refractivity contribution in [3.05, 3.63) is 67.8 Å². The molecule has 1 aromatic heterocycles. The number of hydrogen-bond acceptors (Lipinski definition) is 7. The molecule has 0 saturated carbocycles. The number of hydrogen-bond donors (Lipinski definition) is 1. The van der Waals surface area contributed by atoms with Crippen molar-refractivity contribution >= 4 is 46.1 Å². The molecule has 1 aliphatic heterocycles. The number of carbonyl (C=O) groups is 1. The lowest BCUT2D eigenvalue weighted by Crippen LogP contribution is -2.31. The van der Waals surface area contributed by atoms with E-state index in [1.807, 2.05) is 36.4 Å². The van der Waals surface area contributed by atoms with Crippen LogP contribution >= 0.6 is 24.0 Å². The van der Waals surface area contributed by atoms with Crippen LogP contribution < -0.4 is 10.9 Å². The van der Waals surface area contributed by atoms with Crippen molar-refractivity contribution in [1.29, 1.82) is 5.26 Å². The summed E-state index contributed by atoms with van der Waals surface area (Å²) in [5.41, 5.74) is 2.00. The van der Waals surface area contributed by atoms with Crippen LogP contribution in [0.25, 0.3) is 6.08 Å². The van der Waals surface area contributed by atoms with E-state index in [1.165, 1.54) is 21.2 Å². The van der Waals surface area contributed by atoms with Gasteiger partial charge in [0, 0.05) is 26.3 Å². The molecule has 1 N–H and O–H groups in total. The number of nitrogens with zero attached hydrogens (tertiary/aromatic N) is 3. The van der Waals surface area contributed by atoms with Crippen molar-refractivity contribution < 1.29 is 9.53 Å². The lowest BCUT2D eigenvalue weighted by Gasteiger charge is -2.18. The molecule has 1 amide bonds. The van der Waals surface area contributed by atoms with E-state index in [4.69, 9.17) is 17.0 Å². The van der Waals surface area contributed by atoms with Gasteiger partial charge in [0.1, 0.15) is 21.8 Å². The number of anilines is 1. The summed E-state index contributed by atoms with van der Waals surface area (Å²) >= 11 is 6.56. The third-order valence-electron chi connectivity index (χ3n) is 5.22. The Bertz CT molecular complexity index is 1170. The summed E-state index contributed by atoms with van der Waals surface area (Å²) in [6.45, 7) is 3.05. The topological polar surface area (TPSA) is 87.4 Å². The van der Waals surface area contributed by atoms with Gasteiger partial charge in [0.2, 0.25) is 0 Å². The Balaban J connectivity index is 1.98. The quantitative estimate of drug-likeness (QED) is 0.471. The van der Waals surface area contributed by atoms with Gasteiger partial charge in [-0.05, 0) is 30.5 Å². The number of nitrogens with one attached hydrogen (secondary N) is 1. The van der Waals surface area contributed by atoms with E-state index in [1.54, 1.807) is 27.2 Å². The van der Waals surface area contributed by atoms with Crippen LogP contribution in [0.4, 0.5) is 5.82 Å². The average molecular weight is 469 g/mol. The van der Waals surface area contributed by atoms with Crippen molar-refractivity contribution in [2.24, 2.45) is 7.05 Å². The second-order valence-corrected chi connectivity index (χ2v) is 8.90. The number of benzene rings is 1. The Kier molecular flexibility index (Phi) is 7.85. The van der Waals surface area contributed by atoms with E-state index in [0.29, 0.717) is 45.9 Å². The number of nitriles is 1. The summed E-state index contributed by atoms with van der Waals surface area (Å²) in [6.07, 6.45) is 2.47. The standard InChI is InChI=1S/C23H24N4O3S2/c1-15-17(13-19-22(29)27(11-12-30-3)23(31)32-19)20(26(2)21(28)18(15)14-24)25-10-9-16-7-5-4-6-8-16/h4-8,13,25H,9-12H2,1-3H3/b19-13+. The maximum Gasteiger partial charge on any atom is 0.270 e. The van der Waals surface area contributed by atoms with Gasteiger partial charge in [0.25, 0.3) is 11.5 Å². The number of thiocarbonyl (C=S) groups is 1. The maximum absolute atomic E-state index is 12.9. The zero-order valence-corrected chi connectivity index (χ0v) is 19.8. The molecule has 0 unspecified atom stereocenters. The molecule has 32 heavy (non-hydrogen) atoms. The largest absolute Gasteiger partial charge is 0.383 e. The second kappa shape index (κ2) is 10.6. The van der Waals surface area contributed by atoms with Crippen molar-refractivity contribution in [3.8, 4) is 6.07 Å². The van der Waals surface area contributed by atoms with E-state index >= 15 is 0 Å². The Morgan fingerprint density at radius 3 is 2.66 bits per heavy atom. The van der Waals surface area contributed by atoms with Gasteiger partial charge < -0.3 is 10.1 Å². The number of thioether (sulfide) groups is 1. The molecule has 7 nitrogen and oxygen atoms in total. The van der Waals surface area contributed by atoms with Crippen LogP contribution in [0.3, 0.4) is 0 Å². The third-order valence-corrected chi connectivity index (χ3v) is 6.59. The smallest absolute Gasteiger partial charge is 0.270 e. The number of carbonyl (C=O) groups excluding carboxylic acids is 1. The Morgan fingerprint density at radius 1 is 1.28 bits per heavy atom. The SMILES string of the molecule is COCCN1C(=O)/C(=C\c2c(C)c(C#N)c(=O)n(C)c2NCCc2ccccc2)SC1=S. The number of rotatable bonds is 8. The number of aromatic nitrogens is 1. The summed E-state index contributed by atoms with van der Waals surface area (Å²) in [5.74, 6) is 0.351. The predicted molar refractivity (Wildman–Crippen MR) is 132 cm³/mol. The minimum absolute atomic E-state index is 0.0576. The highest BCUT2D eigenvalue weighted by Gasteiger charge is 2.32. The molecule has 0 atom stereocenters. The molecule has 1 fully saturated rings. The van der Waals surface area contributed by atoms with Gasteiger partial charge in [0.15, 0.2) is 0 Å². The fourth-order valence-electron chi connectivity index (χ4n) is 3.42. The van der Waals surface area contributed by atoms with Gasteiger partial charge in [-0.1, -0.05) is 54.3 Å². The average Bonchev–Trinajstić information content (AvgIpc) is 3.06. The Morgan fingerprint density at radius 2 is 2.00 bits per heavy atom. The second-order valence-electron chi connectivity index (χ2n) is 7.23. The maximum atomic E-state index is 12.9. The lowest BCUT2D eigenvalue weighted by molar-refractivity contribution is -0.122. The van der Waals surface area contributed by atoms with Crippen LogP contribution in [-0.4, -0.2) is 46.5 Å². The Labute approximate surface area is 196 Å². The van der Waals surface area contributed by atoms with Crippen LogP contribution in [0.2, 0.25) is 0 Å². The summed E-state index contributed by atoms with van der Waals surface area (Å²) in [4.78, 5) is 27.6. The molecule has 9 heteroatoms. The minimum Gasteiger partial charge on any atom is -0.383 e. The molecule has 0 bridgehead atoms. The molecular formula is C23H24N4O3S2. The van der Waals surface area contributed by atoms with Crippen molar-refractivity contribution in [2.75, 3.05) is 32.1 Å². The molecule has 2 aromatic rings. The number of pyridine rings is 1. The van der Waals surface area contributed by atoms with E-state index < -0.39 is 0 Å². The number of methoxy groups -OCH3 is 1. The highest BCUT2D eigenvalue weighted by molar-refractivity contribution is 8.26. The van der Waals surface area contributed by atoms with Crippen LogP contribution in [0.15, 0.2) is 40.0 Å². The summed E-state index contributed by atoms with van der Waals surface area (Å²) in [7, 11) is 3.19. The highest BCUT2D eigenvalue weighted by atomic mass is 32.2. The molecule has 3 rings (SSSR count). The molecule has 1 saturated heterocycles. The molecule has 0 radical (unpaired) electrons. The van der Waals surface area contributed by atoms with E-state index in [9.17, 15) is 14.9 Å². The Hall–Kier alpha value is -2.93. The van der Waals surface area contributed by atoms with Crippen LogP contribution in [0.1, 0.15) is 22.3 Å². The minimum atomic E-state index is -0.378. The van der Waals surface area contributed by atoms with Gasteiger partial charge in [-0.25, -0.2) is 0 Å². The van der Waals surface area contributed by atoms with Crippen LogP contribution in [0, 0.1) is 18.3 Å². The number of ether oxygens (including phenoxy) is 1. The zero-order valence-electron chi connectivity index (χ0n) is 18.2. The first-order valence-corrected chi connectivity index (χ1v) is 11.3.